The van der Waals surface area contributed by atoms with E-state index in [4.69, 9.17) is 9.73 Å². The number of ether oxygens (including phenoxy) is 1. The van der Waals surface area contributed by atoms with E-state index < -0.39 is 0 Å². The van der Waals surface area contributed by atoms with Crippen LogP contribution in [0.2, 0.25) is 0 Å². The van der Waals surface area contributed by atoms with Crippen molar-refractivity contribution in [2.24, 2.45) is 10.1 Å². The summed E-state index contributed by atoms with van der Waals surface area (Å²) in [4.78, 5) is 4.80. The van der Waals surface area contributed by atoms with Crippen LogP contribution in [0.1, 0.15) is 37.7 Å². The van der Waals surface area contributed by atoms with Crippen LogP contribution < -0.4 is 10.2 Å². The molecule has 1 aliphatic heterocycles. The molecule has 0 saturated heterocycles. The number of halogens is 1. The van der Waals surface area contributed by atoms with Crippen LogP contribution >= 0.6 is 27.7 Å². The molecule has 0 atom stereocenters. The van der Waals surface area contributed by atoms with Gasteiger partial charge in [-0.25, -0.2) is 0 Å². The van der Waals surface area contributed by atoms with Crippen molar-refractivity contribution in [3.8, 4) is 5.75 Å². The highest BCUT2D eigenvalue weighted by Crippen LogP contribution is 2.27. The van der Waals surface area contributed by atoms with Crippen LogP contribution in [0.4, 0.5) is 0 Å². The van der Waals surface area contributed by atoms with E-state index in [2.05, 4.69) is 26.5 Å². The number of amidine groups is 1. The standard InChI is InChI=1S/C16H20BrN3OS/c1-21-15-8-7-11(9-13(15)17)14-10-22-16(20-19-14)18-12-5-3-2-4-6-12/h7-9,12H,2-6,10H2,1H3,(H,18,20). The van der Waals surface area contributed by atoms with Gasteiger partial charge >= 0.3 is 0 Å². The highest BCUT2D eigenvalue weighted by Gasteiger charge is 2.17. The van der Waals surface area contributed by atoms with Gasteiger partial charge in [0.1, 0.15) is 5.75 Å². The molecule has 0 unspecified atom stereocenters. The molecule has 118 valence electrons. The lowest BCUT2D eigenvalue weighted by Crippen LogP contribution is -2.27. The Morgan fingerprint density at radius 3 is 2.77 bits per heavy atom. The number of aliphatic imine (C=N–C) groups is 1. The van der Waals surface area contributed by atoms with Crippen LogP contribution in [-0.4, -0.2) is 29.8 Å². The molecule has 4 nitrogen and oxygen atoms in total. The van der Waals surface area contributed by atoms with Crippen molar-refractivity contribution < 1.29 is 4.74 Å². The molecule has 1 saturated carbocycles. The minimum Gasteiger partial charge on any atom is -0.496 e. The molecule has 3 rings (SSSR count). The van der Waals surface area contributed by atoms with Gasteiger partial charge in [-0.3, -0.25) is 10.4 Å². The van der Waals surface area contributed by atoms with Gasteiger partial charge in [-0.1, -0.05) is 31.0 Å². The third-order valence-electron chi connectivity index (χ3n) is 3.99. The Hall–Kier alpha value is -1.01. The molecule has 0 bridgehead atoms. The molecule has 0 aromatic heterocycles. The molecule has 1 aromatic carbocycles. The number of methoxy groups -OCH3 is 1. The molecular formula is C16H20BrN3OS. The molecule has 1 N–H and O–H groups in total. The average Bonchev–Trinajstić information content (AvgIpc) is 2.56. The second-order valence-electron chi connectivity index (χ2n) is 5.53. The molecular weight excluding hydrogens is 362 g/mol. The number of benzene rings is 1. The van der Waals surface area contributed by atoms with Crippen molar-refractivity contribution in [1.82, 2.24) is 5.43 Å². The predicted octanol–water partition coefficient (Wildman–Crippen LogP) is 4.19. The summed E-state index contributed by atoms with van der Waals surface area (Å²) in [5.41, 5.74) is 5.26. The zero-order valence-electron chi connectivity index (χ0n) is 12.6. The lowest BCUT2D eigenvalue weighted by atomic mass is 9.96. The second-order valence-corrected chi connectivity index (χ2v) is 7.35. The fraction of sp³-hybridized carbons (Fsp3) is 0.500. The summed E-state index contributed by atoms with van der Waals surface area (Å²) < 4.78 is 6.21. The molecule has 6 heteroatoms. The number of hydrogen-bond acceptors (Lipinski definition) is 4. The van der Waals surface area contributed by atoms with Crippen molar-refractivity contribution in [3.05, 3.63) is 28.2 Å². The van der Waals surface area contributed by atoms with Gasteiger partial charge in [0.25, 0.3) is 0 Å². The van der Waals surface area contributed by atoms with Crippen LogP contribution in [-0.2, 0) is 0 Å². The van der Waals surface area contributed by atoms with E-state index in [0.29, 0.717) is 6.04 Å². The number of hydrogen-bond donors (Lipinski definition) is 1. The number of thioether (sulfide) groups is 1. The Labute approximate surface area is 143 Å². The molecule has 1 aromatic rings. The first-order valence-electron chi connectivity index (χ1n) is 7.63. The van der Waals surface area contributed by atoms with Crippen molar-refractivity contribution in [1.29, 1.82) is 0 Å². The Morgan fingerprint density at radius 1 is 1.32 bits per heavy atom. The first-order valence-corrected chi connectivity index (χ1v) is 9.41. The fourth-order valence-corrected chi connectivity index (χ4v) is 4.13. The summed E-state index contributed by atoms with van der Waals surface area (Å²) in [6.07, 6.45) is 6.40. The Morgan fingerprint density at radius 2 is 2.14 bits per heavy atom. The van der Waals surface area contributed by atoms with E-state index in [1.165, 1.54) is 32.1 Å². The smallest absolute Gasteiger partial charge is 0.177 e. The summed E-state index contributed by atoms with van der Waals surface area (Å²) in [7, 11) is 1.67. The van der Waals surface area contributed by atoms with Crippen LogP contribution in [0.3, 0.4) is 0 Å². The minimum absolute atomic E-state index is 0.482. The maximum Gasteiger partial charge on any atom is 0.177 e. The minimum atomic E-state index is 0.482. The Balaban J connectivity index is 1.68. The van der Waals surface area contributed by atoms with Crippen LogP contribution in [0, 0.1) is 0 Å². The molecule has 1 aliphatic carbocycles. The fourth-order valence-electron chi connectivity index (χ4n) is 2.75. The monoisotopic (exact) mass is 381 g/mol. The first kappa shape index (κ1) is 15.9. The van der Waals surface area contributed by atoms with Crippen LogP contribution in [0.5, 0.6) is 5.75 Å². The summed E-state index contributed by atoms with van der Waals surface area (Å²) in [6, 6.07) is 6.52. The third kappa shape index (κ3) is 3.84. The van der Waals surface area contributed by atoms with E-state index in [9.17, 15) is 0 Å². The van der Waals surface area contributed by atoms with Gasteiger partial charge in [0.15, 0.2) is 5.17 Å². The summed E-state index contributed by atoms with van der Waals surface area (Å²) in [5, 5.41) is 5.46. The summed E-state index contributed by atoms with van der Waals surface area (Å²) in [5.74, 6) is 1.68. The SMILES string of the molecule is COc1ccc(C2=NNC(=NC3CCCCC3)SC2)cc1Br. The van der Waals surface area contributed by atoms with Crippen molar-refractivity contribution >= 4 is 38.6 Å². The van der Waals surface area contributed by atoms with Gasteiger partial charge in [0.2, 0.25) is 0 Å². The number of hydrazone groups is 1. The van der Waals surface area contributed by atoms with Gasteiger partial charge in [-0.15, -0.1) is 0 Å². The summed E-state index contributed by atoms with van der Waals surface area (Å²) in [6.45, 7) is 0. The van der Waals surface area contributed by atoms with Crippen LogP contribution in [0.25, 0.3) is 0 Å². The topological polar surface area (TPSA) is 46.0 Å². The molecule has 2 aliphatic rings. The Bertz CT molecular complexity index is 597. The largest absolute Gasteiger partial charge is 0.496 e. The highest BCUT2D eigenvalue weighted by atomic mass is 79.9. The molecule has 0 spiro atoms. The van der Waals surface area contributed by atoms with Gasteiger partial charge in [-0.05, 0) is 52.5 Å². The summed E-state index contributed by atoms with van der Waals surface area (Å²) >= 11 is 5.26. The maximum absolute atomic E-state index is 5.26. The highest BCUT2D eigenvalue weighted by molar-refractivity contribution is 9.10. The molecule has 0 radical (unpaired) electrons. The zero-order chi connectivity index (χ0) is 15.4. The number of nitrogens with zero attached hydrogens (tertiary/aromatic N) is 2. The van der Waals surface area contributed by atoms with E-state index in [-0.39, 0.29) is 0 Å². The van der Waals surface area contributed by atoms with Gasteiger partial charge in [0, 0.05) is 5.75 Å². The van der Waals surface area contributed by atoms with Gasteiger partial charge < -0.3 is 4.74 Å². The van der Waals surface area contributed by atoms with E-state index >= 15 is 0 Å². The Kier molecular flexibility index (Phi) is 5.41. The van der Waals surface area contributed by atoms with Crippen molar-refractivity contribution in [2.75, 3.05) is 12.9 Å². The van der Waals surface area contributed by atoms with Crippen molar-refractivity contribution in [2.45, 2.75) is 38.1 Å². The van der Waals surface area contributed by atoms with Gasteiger partial charge in [0.05, 0.1) is 23.3 Å². The quantitative estimate of drug-likeness (QED) is 0.853. The molecule has 0 amide bonds. The lowest BCUT2D eigenvalue weighted by molar-refractivity contribution is 0.412. The third-order valence-corrected chi connectivity index (χ3v) is 5.50. The number of rotatable bonds is 3. The van der Waals surface area contributed by atoms with Gasteiger partial charge in [-0.2, -0.15) is 5.10 Å². The molecule has 1 heterocycles. The second kappa shape index (κ2) is 7.51. The van der Waals surface area contributed by atoms with Crippen LogP contribution in [0.15, 0.2) is 32.8 Å². The molecule has 22 heavy (non-hydrogen) atoms. The maximum atomic E-state index is 5.26. The number of nitrogens with one attached hydrogen (secondary N) is 1. The van der Waals surface area contributed by atoms with Crippen molar-refractivity contribution in [3.63, 3.8) is 0 Å². The normalized spacial score (nSPS) is 21.4. The predicted molar refractivity (Wildman–Crippen MR) is 97.1 cm³/mol. The van der Waals surface area contributed by atoms with E-state index in [0.717, 1.165) is 32.4 Å². The van der Waals surface area contributed by atoms with E-state index in [1.54, 1.807) is 18.9 Å². The zero-order valence-corrected chi connectivity index (χ0v) is 15.0. The molecule has 1 fully saturated rings. The first-order chi connectivity index (χ1) is 10.8. The average molecular weight is 382 g/mol. The van der Waals surface area contributed by atoms with E-state index in [1.807, 2.05) is 18.2 Å². The lowest BCUT2D eigenvalue weighted by Gasteiger charge is -2.21.